The summed E-state index contributed by atoms with van der Waals surface area (Å²) in [6.45, 7) is 0.683. The molecular formula is C15H12BrN3. The van der Waals surface area contributed by atoms with Crippen LogP contribution in [-0.4, -0.2) is 9.97 Å². The van der Waals surface area contributed by atoms with Crippen molar-refractivity contribution in [2.45, 2.75) is 6.54 Å². The zero-order valence-corrected chi connectivity index (χ0v) is 11.8. The van der Waals surface area contributed by atoms with Gasteiger partial charge in [-0.2, -0.15) is 0 Å². The van der Waals surface area contributed by atoms with Gasteiger partial charge < -0.3 is 5.32 Å². The second-order valence-electron chi connectivity index (χ2n) is 4.20. The Morgan fingerprint density at radius 2 is 1.89 bits per heavy atom. The van der Waals surface area contributed by atoms with Crippen LogP contribution in [-0.2, 0) is 6.54 Å². The number of aromatic nitrogens is 2. The molecule has 0 atom stereocenters. The van der Waals surface area contributed by atoms with Gasteiger partial charge in [-0.05, 0) is 40.2 Å². The molecule has 0 aliphatic heterocycles. The number of benzene rings is 1. The zero-order valence-electron chi connectivity index (χ0n) is 10.2. The molecule has 2 heterocycles. The van der Waals surface area contributed by atoms with Gasteiger partial charge in [-0.15, -0.1) is 0 Å². The molecule has 1 aromatic carbocycles. The summed E-state index contributed by atoms with van der Waals surface area (Å²) in [7, 11) is 0. The van der Waals surface area contributed by atoms with Gasteiger partial charge in [-0.25, -0.2) is 0 Å². The van der Waals surface area contributed by atoms with Crippen LogP contribution in [0.2, 0.25) is 0 Å². The SMILES string of the molecule is Brc1ccc(CNc2cccc3cccnc23)nc1. The summed E-state index contributed by atoms with van der Waals surface area (Å²) in [6, 6.07) is 14.1. The summed E-state index contributed by atoms with van der Waals surface area (Å²) in [6.07, 6.45) is 3.61. The topological polar surface area (TPSA) is 37.8 Å². The Labute approximate surface area is 119 Å². The van der Waals surface area contributed by atoms with E-state index in [0.29, 0.717) is 6.54 Å². The molecule has 4 heteroatoms. The second kappa shape index (κ2) is 5.36. The number of nitrogens with one attached hydrogen (secondary N) is 1. The van der Waals surface area contributed by atoms with E-state index in [2.05, 4.69) is 43.3 Å². The Bertz CT molecular complexity index is 690. The van der Waals surface area contributed by atoms with Crippen molar-refractivity contribution in [2.24, 2.45) is 0 Å². The number of para-hydroxylation sites is 1. The first-order valence-corrected chi connectivity index (χ1v) is 6.80. The number of pyridine rings is 2. The van der Waals surface area contributed by atoms with E-state index in [1.807, 2.05) is 36.5 Å². The summed E-state index contributed by atoms with van der Waals surface area (Å²) in [5, 5.41) is 4.52. The van der Waals surface area contributed by atoms with Crippen molar-refractivity contribution in [3.63, 3.8) is 0 Å². The highest BCUT2D eigenvalue weighted by molar-refractivity contribution is 9.10. The van der Waals surface area contributed by atoms with E-state index in [1.54, 1.807) is 6.20 Å². The first kappa shape index (κ1) is 12.1. The summed E-state index contributed by atoms with van der Waals surface area (Å²) < 4.78 is 0.989. The highest BCUT2D eigenvalue weighted by Crippen LogP contribution is 2.21. The van der Waals surface area contributed by atoms with Crippen molar-refractivity contribution in [3.8, 4) is 0 Å². The lowest BCUT2D eigenvalue weighted by Crippen LogP contribution is -2.02. The molecule has 0 unspecified atom stereocenters. The first-order valence-electron chi connectivity index (χ1n) is 6.01. The van der Waals surface area contributed by atoms with Crippen LogP contribution in [0.4, 0.5) is 5.69 Å². The number of nitrogens with zero attached hydrogens (tertiary/aromatic N) is 2. The first-order chi connectivity index (χ1) is 9.33. The molecule has 0 fully saturated rings. The van der Waals surface area contributed by atoms with Crippen molar-refractivity contribution in [2.75, 3.05) is 5.32 Å². The van der Waals surface area contributed by atoms with Crippen LogP contribution < -0.4 is 5.32 Å². The summed E-state index contributed by atoms with van der Waals surface area (Å²) in [4.78, 5) is 8.76. The third-order valence-corrected chi connectivity index (χ3v) is 3.35. The van der Waals surface area contributed by atoms with Gasteiger partial charge in [0, 0.05) is 22.3 Å². The predicted molar refractivity (Wildman–Crippen MR) is 81.0 cm³/mol. The fourth-order valence-electron chi connectivity index (χ4n) is 1.94. The molecule has 19 heavy (non-hydrogen) atoms. The summed E-state index contributed by atoms with van der Waals surface area (Å²) in [5.74, 6) is 0. The van der Waals surface area contributed by atoms with Gasteiger partial charge in [0.1, 0.15) is 0 Å². The molecule has 3 rings (SSSR count). The summed E-state index contributed by atoms with van der Waals surface area (Å²) in [5.41, 5.74) is 3.01. The molecule has 3 aromatic rings. The Kier molecular flexibility index (Phi) is 3.42. The molecule has 0 spiro atoms. The van der Waals surface area contributed by atoms with Crippen molar-refractivity contribution < 1.29 is 0 Å². The Hall–Kier alpha value is -1.94. The smallest absolute Gasteiger partial charge is 0.0933 e. The minimum Gasteiger partial charge on any atom is -0.378 e. The van der Waals surface area contributed by atoms with Crippen LogP contribution >= 0.6 is 15.9 Å². The number of hydrogen-bond donors (Lipinski definition) is 1. The average molecular weight is 314 g/mol. The van der Waals surface area contributed by atoms with Crippen LogP contribution in [0.5, 0.6) is 0 Å². The fourth-order valence-corrected chi connectivity index (χ4v) is 2.18. The molecule has 0 bridgehead atoms. The Morgan fingerprint density at radius 1 is 1.00 bits per heavy atom. The third kappa shape index (κ3) is 2.74. The Balaban J connectivity index is 1.84. The normalized spacial score (nSPS) is 10.6. The van der Waals surface area contributed by atoms with Crippen LogP contribution in [0.1, 0.15) is 5.69 Å². The van der Waals surface area contributed by atoms with E-state index in [9.17, 15) is 0 Å². The fraction of sp³-hybridized carbons (Fsp3) is 0.0667. The van der Waals surface area contributed by atoms with Crippen LogP contribution in [0.25, 0.3) is 10.9 Å². The lowest BCUT2D eigenvalue weighted by molar-refractivity contribution is 1.04. The van der Waals surface area contributed by atoms with Crippen LogP contribution in [0.15, 0.2) is 59.3 Å². The molecule has 94 valence electrons. The lowest BCUT2D eigenvalue weighted by Gasteiger charge is -2.08. The molecule has 0 amide bonds. The van der Waals surface area contributed by atoms with Crippen molar-refractivity contribution in [1.82, 2.24) is 9.97 Å². The second-order valence-corrected chi connectivity index (χ2v) is 5.12. The highest BCUT2D eigenvalue weighted by Gasteiger charge is 2.01. The monoisotopic (exact) mass is 313 g/mol. The predicted octanol–water partition coefficient (Wildman–Crippen LogP) is 4.00. The summed E-state index contributed by atoms with van der Waals surface area (Å²) >= 11 is 3.38. The molecule has 1 N–H and O–H groups in total. The maximum Gasteiger partial charge on any atom is 0.0933 e. The van der Waals surface area contributed by atoms with Crippen LogP contribution in [0, 0.1) is 0 Å². The van der Waals surface area contributed by atoms with E-state index in [1.165, 1.54) is 0 Å². The van der Waals surface area contributed by atoms with E-state index in [0.717, 1.165) is 26.8 Å². The number of fused-ring (bicyclic) bond motifs is 1. The number of halogens is 1. The van der Waals surface area contributed by atoms with Gasteiger partial charge in [0.2, 0.25) is 0 Å². The van der Waals surface area contributed by atoms with E-state index in [4.69, 9.17) is 0 Å². The molecule has 0 saturated heterocycles. The number of anilines is 1. The largest absolute Gasteiger partial charge is 0.378 e. The van der Waals surface area contributed by atoms with Gasteiger partial charge in [-0.3, -0.25) is 9.97 Å². The van der Waals surface area contributed by atoms with E-state index < -0.39 is 0 Å². The van der Waals surface area contributed by atoms with E-state index >= 15 is 0 Å². The van der Waals surface area contributed by atoms with Gasteiger partial charge in [0.05, 0.1) is 23.4 Å². The molecule has 0 saturated carbocycles. The minimum absolute atomic E-state index is 0.683. The van der Waals surface area contributed by atoms with Crippen molar-refractivity contribution in [1.29, 1.82) is 0 Å². The average Bonchev–Trinajstić information content (AvgIpc) is 2.47. The van der Waals surface area contributed by atoms with E-state index in [-0.39, 0.29) is 0 Å². The van der Waals surface area contributed by atoms with Gasteiger partial charge in [0.25, 0.3) is 0 Å². The molecule has 0 aliphatic rings. The zero-order chi connectivity index (χ0) is 13.1. The molecule has 0 radical (unpaired) electrons. The quantitative estimate of drug-likeness (QED) is 0.794. The maximum absolute atomic E-state index is 4.42. The maximum atomic E-state index is 4.42. The number of rotatable bonds is 3. The van der Waals surface area contributed by atoms with Crippen molar-refractivity contribution in [3.05, 3.63) is 65.0 Å². The molecule has 3 nitrogen and oxygen atoms in total. The number of hydrogen-bond acceptors (Lipinski definition) is 3. The lowest BCUT2D eigenvalue weighted by atomic mass is 10.2. The van der Waals surface area contributed by atoms with Gasteiger partial charge in [-0.1, -0.05) is 18.2 Å². The third-order valence-electron chi connectivity index (χ3n) is 2.88. The van der Waals surface area contributed by atoms with Crippen LogP contribution in [0.3, 0.4) is 0 Å². The molecule has 2 aromatic heterocycles. The highest BCUT2D eigenvalue weighted by atomic mass is 79.9. The van der Waals surface area contributed by atoms with Gasteiger partial charge >= 0.3 is 0 Å². The minimum atomic E-state index is 0.683. The van der Waals surface area contributed by atoms with Crippen molar-refractivity contribution >= 4 is 32.5 Å². The standard InChI is InChI=1S/C15H12BrN3/c16-12-6-7-13(18-9-12)10-19-14-5-1-3-11-4-2-8-17-15(11)14/h1-9,19H,10H2. The van der Waals surface area contributed by atoms with Gasteiger partial charge in [0.15, 0.2) is 0 Å². The molecule has 0 aliphatic carbocycles. The molecular weight excluding hydrogens is 302 g/mol. The Morgan fingerprint density at radius 3 is 2.74 bits per heavy atom.